The normalized spacial score (nSPS) is 16.2. The van der Waals surface area contributed by atoms with Crippen molar-refractivity contribution in [1.29, 1.82) is 0 Å². The van der Waals surface area contributed by atoms with Gasteiger partial charge in [-0.25, -0.2) is 0 Å². The van der Waals surface area contributed by atoms with Gasteiger partial charge in [-0.3, -0.25) is 9.69 Å². The highest BCUT2D eigenvalue weighted by atomic mass is 32.1. The SMILES string of the molecule is Cc1ccc(C(=O)NCc2ccccc2CN2CCC(O)CC2)s1. The molecule has 0 saturated carbocycles. The van der Waals surface area contributed by atoms with Crippen molar-refractivity contribution in [2.45, 2.75) is 39.0 Å². The number of nitrogens with zero attached hydrogens (tertiary/aromatic N) is 1. The van der Waals surface area contributed by atoms with Crippen LogP contribution in [0.3, 0.4) is 0 Å². The zero-order chi connectivity index (χ0) is 16.9. The van der Waals surface area contributed by atoms with Crippen LogP contribution in [0.25, 0.3) is 0 Å². The minimum Gasteiger partial charge on any atom is -0.393 e. The number of amides is 1. The summed E-state index contributed by atoms with van der Waals surface area (Å²) in [5, 5.41) is 12.7. The van der Waals surface area contributed by atoms with E-state index in [2.05, 4.69) is 22.3 Å². The molecule has 2 aromatic rings. The summed E-state index contributed by atoms with van der Waals surface area (Å²) in [7, 11) is 0. The summed E-state index contributed by atoms with van der Waals surface area (Å²) in [6.07, 6.45) is 1.54. The van der Waals surface area contributed by atoms with Crippen molar-refractivity contribution in [2.24, 2.45) is 0 Å². The second kappa shape index (κ2) is 7.92. The van der Waals surface area contributed by atoms with Crippen molar-refractivity contribution < 1.29 is 9.90 Å². The number of likely N-dealkylation sites (tertiary alicyclic amines) is 1. The summed E-state index contributed by atoms with van der Waals surface area (Å²) in [6.45, 7) is 5.28. The van der Waals surface area contributed by atoms with E-state index in [-0.39, 0.29) is 12.0 Å². The highest BCUT2D eigenvalue weighted by Crippen LogP contribution is 2.18. The average Bonchev–Trinajstić information content (AvgIpc) is 3.02. The van der Waals surface area contributed by atoms with Gasteiger partial charge in [0.1, 0.15) is 0 Å². The summed E-state index contributed by atoms with van der Waals surface area (Å²) in [5.41, 5.74) is 2.40. The van der Waals surface area contributed by atoms with Crippen LogP contribution >= 0.6 is 11.3 Å². The smallest absolute Gasteiger partial charge is 0.261 e. The van der Waals surface area contributed by atoms with Crippen LogP contribution in [0, 0.1) is 6.92 Å². The molecule has 0 aliphatic carbocycles. The van der Waals surface area contributed by atoms with Gasteiger partial charge >= 0.3 is 0 Å². The molecule has 0 unspecified atom stereocenters. The Morgan fingerprint density at radius 3 is 2.58 bits per heavy atom. The van der Waals surface area contributed by atoms with Crippen molar-refractivity contribution >= 4 is 17.2 Å². The number of thiophene rings is 1. The highest BCUT2D eigenvalue weighted by Gasteiger charge is 2.18. The number of nitrogens with one attached hydrogen (secondary N) is 1. The molecule has 1 saturated heterocycles. The Kier molecular flexibility index (Phi) is 5.66. The molecule has 1 aromatic heterocycles. The number of aryl methyl sites for hydroxylation is 1. The monoisotopic (exact) mass is 344 g/mol. The van der Waals surface area contributed by atoms with Gasteiger partial charge in [-0.1, -0.05) is 24.3 Å². The quantitative estimate of drug-likeness (QED) is 0.877. The predicted octanol–water partition coefficient (Wildman–Crippen LogP) is 2.94. The highest BCUT2D eigenvalue weighted by molar-refractivity contribution is 7.13. The predicted molar refractivity (Wildman–Crippen MR) is 97.2 cm³/mol. The van der Waals surface area contributed by atoms with Crippen molar-refractivity contribution in [1.82, 2.24) is 10.2 Å². The molecule has 1 aliphatic rings. The number of hydrogen-bond donors (Lipinski definition) is 2. The number of aliphatic hydroxyl groups is 1. The summed E-state index contributed by atoms with van der Waals surface area (Å²) in [4.78, 5) is 16.5. The van der Waals surface area contributed by atoms with E-state index in [1.807, 2.05) is 31.2 Å². The van der Waals surface area contributed by atoms with Gasteiger partial charge in [0.05, 0.1) is 11.0 Å². The standard InChI is InChI=1S/C19H24N2O2S/c1-14-6-7-18(24-14)19(23)20-12-15-4-2-3-5-16(15)13-21-10-8-17(22)9-11-21/h2-7,17,22H,8-13H2,1H3,(H,20,23). The zero-order valence-electron chi connectivity index (χ0n) is 14.0. The van der Waals surface area contributed by atoms with Gasteiger partial charge in [0.2, 0.25) is 0 Å². The molecule has 0 spiro atoms. The summed E-state index contributed by atoms with van der Waals surface area (Å²) in [5.74, 6) is -0.0102. The van der Waals surface area contributed by atoms with Crippen LogP contribution < -0.4 is 5.32 Å². The molecule has 4 nitrogen and oxygen atoms in total. The molecular weight excluding hydrogens is 320 g/mol. The summed E-state index contributed by atoms with van der Waals surface area (Å²) < 4.78 is 0. The average molecular weight is 344 g/mol. The molecule has 1 aromatic carbocycles. The van der Waals surface area contributed by atoms with Crippen LogP contribution in [0.1, 0.15) is 38.5 Å². The second-order valence-corrected chi connectivity index (χ2v) is 7.66. The Hall–Kier alpha value is -1.69. The number of aliphatic hydroxyl groups excluding tert-OH is 1. The first kappa shape index (κ1) is 17.1. The van der Waals surface area contributed by atoms with Gasteiger partial charge in [0.25, 0.3) is 5.91 Å². The summed E-state index contributed by atoms with van der Waals surface area (Å²) in [6, 6.07) is 12.1. The molecular formula is C19H24N2O2S. The lowest BCUT2D eigenvalue weighted by atomic mass is 10.0. The van der Waals surface area contributed by atoms with Crippen LogP contribution in [0.15, 0.2) is 36.4 Å². The molecule has 128 valence electrons. The fourth-order valence-electron chi connectivity index (χ4n) is 3.02. The third-order valence-corrected chi connectivity index (χ3v) is 5.47. The first-order valence-corrected chi connectivity index (χ1v) is 9.25. The Morgan fingerprint density at radius 1 is 1.21 bits per heavy atom. The fraction of sp³-hybridized carbons (Fsp3) is 0.421. The van der Waals surface area contributed by atoms with Crippen molar-refractivity contribution in [3.63, 3.8) is 0 Å². The van der Waals surface area contributed by atoms with Crippen LogP contribution in [-0.4, -0.2) is 35.1 Å². The maximum absolute atomic E-state index is 12.2. The Morgan fingerprint density at radius 2 is 1.92 bits per heavy atom. The van der Waals surface area contributed by atoms with Gasteiger partial charge < -0.3 is 10.4 Å². The van der Waals surface area contributed by atoms with E-state index in [0.29, 0.717) is 6.54 Å². The number of carbonyl (C=O) groups excluding carboxylic acids is 1. The summed E-state index contributed by atoms with van der Waals surface area (Å²) >= 11 is 1.52. The number of carbonyl (C=O) groups is 1. The Bertz CT molecular complexity index is 690. The van der Waals surface area contributed by atoms with Gasteiger partial charge in [-0.05, 0) is 43.0 Å². The number of rotatable bonds is 5. The third-order valence-electron chi connectivity index (χ3n) is 4.47. The van der Waals surface area contributed by atoms with Gasteiger partial charge in [0, 0.05) is 31.1 Å². The van der Waals surface area contributed by atoms with Crippen LogP contribution in [0.5, 0.6) is 0 Å². The van der Waals surface area contributed by atoms with E-state index in [4.69, 9.17) is 0 Å². The maximum Gasteiger partial charge on any atom is 0.261 e. The Balaban J connectivity index is 1.60. The topological polar surface area (TPSA) is 52.6 Å². The Labute approximate surface area is 147 Å². The molecule has 24 heavy (non-hydrogen) atoms. The number of hydrogen-bond acceptors (Lipinski definition) is 4. The first-order chi connectivity index (χ1) is 11.6. The van der Waals surface area contributed by atoms with E-state index in [1.165, 1.54) is 16.9 Å². The molecule has 5 heteroatoms. The third kappa shape index (κ3) is 4.44. The van der Waals surface area contributed by atoms with E-state index in [1.54, 1.807) is 0 Å². The van der Waals surface area contributed by atoms with Crippen LogP contribution in [0.2, 0.25) is 0 Å². The van der Waals surface area contributed by atoms with E-state index >= 15 is 0 Å². The van der Waals surface area contributed by atoms with Crippen molar-refractivity contribution in [3.8, 4) is 0 Å². The lowest BCUT2D eigenvalue weighted by Gasteiger charge is -2.30. The van der Waals surface area contributed by atoms with Crippen LogP contribution in [0.4, 0.5) is 0 Å². The molecule has 0 radical (unpaired) electrons. The molecule has 3 rings (SSSR count). The molecule has 1 fully saturated rings. The molecule has 1 aliphatic heterocycles. The van der Waals surface area contributed by atoms with Crippen molar-refractivity contribution in [3.05, 3.63) is 57.3 Å². The number of benzene rings is 1. The van der Waals surface area contributed by atoms with E-state index in [9.17, 15) is 9.90 Å². The lowest BCUT2D eigenvalue weighted by molar-refractivity contribution is 0.0790. The molecule has 0 atom stereocenters. The molecule has 2 heterocycles. The zero-order valence-corrected chi connectivity index (χ0v) is 14.8. The molecule has 0 bridgehead atoms. The second-order valence-electron chi connectivity index (χ2n) is 6.37. The maximum atomic E-state index is 12.2. The van der Waals surface area contributed by atoms with E-state index in [0.717, 1.165) is 47.8 Å². The number of piperidine rings is 1. The minimum atomic E-state index is -0.148. The molecule has 2 N–H and O–H groups in total. The first-order valence-electron chi connectivity index (χ1n) is 8.43. The van der Waals surface area contributed by atoms with Gasteiger partial charge in [0.15, 0.2) is 0 Å². The van der Waals surface area contributed by atoms with Gasteiger partial charge in [-0.15, -0.1) is 11.3 Å². The lowest BCUT2D eigenvalue weighted by Crippen LogP contribution is -2.35. The van der Waals surface area contributed by atoms with E-state index < -0.39 is 0 Å². The minimum absolute atomic E-state index is 0.0102. The van der Waals surface area contributed by atoms with Gasteiger partial charge in [-0.2, -0.15) is 0 Å². The molecule has 1 amide bonds. The van der Waals surface area contributed by atoms with Crippen molar-refractivity contribution in [2.75, 3.05) is 13.1 Å². The fourth-order valence-corrected chi connectivity index (χ4v) is 3.81. The largest absolute Gasteiger partial charge is 0.393 e. The van der Waals surface area contributed by atoms with Crippen LogP contribution in [-0.2, 0) is 13.1 Å².